The normalized spacial score (nSPS) is 24.3. The zero-order valence-corrected chi connectivity index (χ0v) is 25.4. The van der Waals surface area contributed by atoms with E-state index in [-0.39, 0.29) is 31.8 Å². The number of amidine groups is 1. The fourth-order valence-electron chi connectivity index (χ4n) is 6.28. The summed E-state index contributed by atoms with van der Waals surface area (Å²) in [5.41, 5.74) is 0.222. The van der Waals surface area contributed by atoms with Crippen LogP contribution in [0.1, 0.15) is 49.4 Å². The van der Waals surface area contributed by atoms with E-state index in [0.29, 0.717) is 40.6 Å². The molecular formula is C30H36F3N5O4S. The Morgan fingerprint density at radius 2 is 2.07 bits per heavy atom. The maximum absolute atomic E-state index is 15.6. The van der Waals surface area contributed by atoms with Crippen LogP contribution in [0.4, 0.5) is 13.2 Å². The quantitative estimate of drug-likeness (QED) is 0.402. The molecule has 0 saturated carbocycles. The molecule has 3 atom stereocenters. The molecule has 13 heteroatoms. The first-order chi connectivity index (χ1) is 20.3. The molecule has 9 nitrogen and oxygen atoms in total. The molecule has 3 aliphatic heterocycles. The molecule has 2 saturated heterocycles. The predicted molar refractivity (Wildman–Crippen MR) is 156 cm³/mol. The Balaban J connectivity index is 1.51. The van der Waals surface area contributed by atoms with E-state index in [1.165, 1.54) is 17.4 Å². The second-order valence-electron chi connectivity index (χ2n) is 12.0. The van der Waals surface area contributed by atoms with Crippen LogP contribution in [0.2, 0.25) is 0 Å². The molecule has 2 fully saturated rings. The minimum absolute atomic E-state index is 0.0131. The van der Waals surface area contributed by atoms with Crippen molar-refractivity contribution < 1.29 is 32.6 Å². The van der Waals surface area contributed by atoms with Crippen molar-refractivity contribution in [3.8, 4) is 0 Å². The van der Waals surface area contributed by atoms with E-state index in [4.69, 9.17) is 9.73 Å². The van der Waals surface area contributed by atoms with Crippen LogP contribution < -0.4 is 5.32 Å². The highest BCUT2D eigenvalue weighted by molar-refractivity contribution is 7.11. The number of ether oxygens (including phenoxy) is 1. The number of aromatic nitrogens is 1. The Bertz CT molecular complexity index is 1450. The lowest BCUT2D eigenvalue weighted by Gasteiger charge is -2.41. The van der Waals surface area contributed by atoms with Crippen LogP contribution in [0.25, 0.3) is 0 Å². The first-order valence-electron chi connectivity index (χ1n) is 14.3. The molecule has 1 aromatic heterocycles. The number of carboxylic acids is 1. The molecule has 0 amide bonds. The first-order valence-corrected chi connectivity index (χ1v) is 15.2. The Morgan fingerprint density at radius 3 is 2.74 bits per heavy atom. The van der Waals surface area contributed by atoms with Crippen LogP contribution in [0.15, 0.2) is 46.0 Å². The molecule has 0 spiro atoms. The predicted octanol–water partition coefficient (Wildman–Crippen LogP) is 4.25. The number of alkyl halides is 2. The SMILES string of the molecule is CCOC(=O)C1=C(CN2CC(F)(F)C3CN(CC(C)(C)C(=O)O)CCC32)NC(c2nccs2)=NC1c1cccc(F)c1C. The van der Waals surface area contributed by atoms with E-state index in [1.807, 2.05) is 4.90 Å². The van der Waals surface area contributed by atoms with Gasteiger partial charge < -0.3 is 20.1 Å². The van der Waals surface area contributed by atoms with E-state index in [2.05, 4.69) is 10.3 Å². The summed E-state index contributed by atoms with van der Waals surface area (Å²) in [6.45, 7) is 6.73. The molecule has 232 valence electrons. The molecule has 3 unspecified atom stereocenters. The number of hydrogen-bond donors (Lipinski definition) is 2. The molecule has 0 radical (unpaired) electrons. The van der Waals surface area contributed by atoms with Crippen molar-refractivity contribution in [1.29, 1.82) is 0 Å². The number of carbonyl (C=O) groups excluding carboxylic acids is 1. The van der Waals surface area contributed by atoms with Gasteiger partial charge in [0.25, 0.3) is 5.92 Å². The summed E-state index contributed by atoms with van der Waals surface area (Å²) in [5, 5.41) is 15.1. The minimum atomic E-state index is -3.03. The Kier molecular flexibility index (Phi) is 8.70. The summed E-state index contributed by atoms with van der Waals surface area (Å²) < 4.78 is 51.3. The van der Waals surface area contributed by atoms with Gasteiger partial charge in [-0.05, 0) is 57.9 Å². The molecule has 43 heavy (non-hydrogen) atoms. The number of likely N-dealkylation sites (tertiary alicyclic amines) is 2. The number of nitrogens with zero attached hydrogens (tertiary/aromatic N) is 4. The van der Waals surface area contributed by atoms with Gasteiger partial charge in [-0.1, -0.05) is 12.1 Å². The van der Waals surface area contributed by atoms with E-state index >= 15 is 8.78 Å². The van der Waals surface area contributed by atoms with Crippen LogP contribution in [0, 0.1) is 24.1 Å². The highest BCUT2D eigenvalue weighted by Gasteiger charge is 2.56. The van der Waals surface area contributed by atoms with Gasteiger partial charge in [-0.3, -0.25) is 14.7 Å². The van der Waals surface area contributed by atoms with Gasteiger partial charge in [0.15, 0.2) is 10.8 Å². The Morgan fingerprint density at radius 1 is 1.30 bits per heavy atom. The third-order valence-corrected chi connectivity index (χ3v) is 9.29. The number of esters is 1. The number of hydrogen-bond acceptors (Lipinski definition) is 9. The lowest BCUT2D eigenvalue weighted by atomic mass is 9.87. The summed E-state index contributed by atoms with van der Waals surface area (Å²) in [7, 11) is 0. The van der Waals surface area contributed by atoms with Crippen molar-refractivity contribution >= 4 is 29.1 Å². The molecule has 2 aromatic rings. The largest absolute Gasteiger partial charge is 0.481 e. The smallest absolute Gasteiger partial charge is 0.338 e. The number of fused-ring (bicyclic) bond motifs is 1. The highest BCUT2D eigenvalue weighted by Crippen LogP contribution is 2.44. The third-order valence-electron chi connectivity index (χ3n) is 8.51. The summed E-state index contributed by atoms with van der Waals surface area (Å²) in [6, 6.07) is 3.14. The molecule has 5 rings (SSSR count). The van der Waals surface area contributed by atoms with Gasteiger partial charge in [-0.25, -0.2) is 22.9 Å². The first kappa shape index (κ1) is 31.1. The summed E-state index contributed by atoms with van der Waals surface area (Å²) in [6.07, 6.45) is 2.03. The fourth-order valence-corrected chi connectivity index (χ4v) is 6.86. The average molecular weight is 620 g/mol. The number of nitrogens with one attached hydrogen (secondary N) is 1. The number of aliphatic imine (C=N–C) groups is 1. The number of piperidine rings is 1. The Hall–Kier alpha value is -3.29. The molecule has 0 bridgehead atoms. The van der Waals surface area contributed by atoms with Crippen molar-refractivity contribution in [1.82, 2.24) is 20.1 Å². The number of aliphatic carboxylic acids is 1. The molecule has 4 heterocycles. The van der Waals surface area contributed by atoms with Crippen LogP contribution in [-0.4, -0.2) is 89.0 Å². The van der Waals surface area contributed by atoms with Gasteiger partial charge in [-0.2, -0.15) is 0 Å². The zero-order valence-electron chi connectivity index (χ0n) is 24.6. The summed E-state index contributed by atoms with van der Waals surface area (Å²) in [4.78, 5) is 37.8. The fraction of sp³-hybridized carbons (Fsp3) is 0.533. The van der Waals surface area contributed by atoms with Gasteiger partial charge >= 0.3 is 11.9 Å². The standard InChI is InChI=1S/C30H36F3N5O4S/c1-5-42-27(39)23-21(35-25(26-34-10-12-43-26)36-24(23)18-7-6-8-20(31)17(18)2)14-38-16-30(32,33)19-13-37(11-9-22(19)38)15-29(3,4)28(40)41/h6-8,10,12,19,22,24H,5,9,11,13-16H2,1-4H3,(H,35,36)(H,40,41). The number of carbonyl (C=O) groups is 2. The zero-order chi connectivity index (χ0) is 31.1. The summed E-state index contributed by atoms with van der Waals surface area (Å²) in [5.74, 6) is -5.76. The van der Waals surface area contributed by atoms with Crippen molar-refractivity contribution in [3.05, 3.63) is 63.0 Å². The van der Waals surface area contributed by atoms with E-state index in [1.54, 1.807) is 56.3 Å². The van der Waals surface area contributed by atoms with Gasteiger partial charge in [-0.15, -0.1) is 11.3 Å². The lowest BCUT2D eigenvalue weighted by molar-refractivity contribution is -0.148. The van der Waals surface area contributed by atoms with Crippen LogP contribution in [-0.2, 0) is 14.3 Å². The lowest BCUT2D eigenvalue weighted by Crippen LogP contribution is -2.52. The van der Waals surface area contributed by atoms with Gasteiger partial charge in [0.2, 0.25) is 0 Å². The van der Waals surface area contributed by atoms with Gasteiger partial charge in [0.05, 0.1) is 30.1 Å². The summed E-state index contributed by atoms with van der Waals surface area (Å²) >= 11 is 1.33. The molecule has 3 aliphatic rings. The Labute approximate surface area is 252 Å². The topological polar surface area (TPSA) is 107 Å². The number of rotatable bonds is 9. The second-order valence-corrected chi connectivity index (χ2v) is 12.9. The molecule has 2 N–H and O–H groups in total. The molecular weight excluding hydrogens is 583 g/mol. The molecule has 1 aromatic carbocycles. The van der Waals surface area contributed by atoms with Gasteiger partial charge in [0.1, 0.15) is 11.9 Å². The van der Waals surface area contributed by atoms with E-state index in [9.17, 15) is 19.1 Å². The van der Waals surface area contributed by atoms with E-state index < -0.39 is 53.6 Å². The van der Waals surface area contributed by atoms with Crippen LogP contribution >= 0.6 is 11.3 Å². The van der Waals surface area contributed by atoms with Crippen LogP contribution in [0.5, 0.6) is 0 Å². The van der Waals surface area contributed by atoms with E-state index in [0.717, 1.165) is 0 Å². The number of benzene rings is 1. The van der Waals surface area contributed by atoms with Gasteiger partial charge in [0, 0.05) is 43.0 Å². The second kappa shape index (κ2) is 12.0. The number of halogens is 3. The average Bonchev–Trinajstić information content (AvgIpc) is 3.56. The highest BCUT2D eigenvalue weighted by atomic mass is 32.1. The maximum atomic E-state index is 15.6. The molecule has 0 aliphatic carbocycles. The minimum Gasteiger partial charge on any atom is -0.481 e. The van der Waals surface area contributed by atoms with Crippen molar-refractivity contribution in [2.45, 2.75) is 52.1 Å². The third kappa shape index (κ3) is 6.20. The maximum Gasteiger partial charge on any atom is 0.338 e. The van der Waals surface area contributed by atoms with Crippen LogP contribution in [0.3, 0.4) is 0 Å². The monoisotopic (exact) mass is 619 g/mol. The van der Waals surface area contributed by atoms with Crippen molar-refractivity contribution in [3.63, 3.8) is 0 Å². The van der Waals surface area contributed by atoms with Crippen molar-refractivity contribution in [2.24, 2.45) is 16.3 Å². The number of carboxylic acid groups (broad SMARTS) is 1. The number of thiazole rings is 1. The van der Waals surface area contributed by atoms with Crippen molar-refractivity contribution in [2.75, 3.05) is 39.3 Å².